The summed E-state index contributed by atoms with van der Waals surface area (Å²) >= 11 is 0. The van der Waals surface area contributed by atoms with Crippen molar-refractivity contribution in [1.82, 2.24) is 15.1 Å². The molecular weight excluding hydrogens is 487 g/mol. The number of nitrogens with zero attached hydrogens (tertiary/aromatic N) is 2. The van der Waals surface area contributed by atoms with Crippen LogP contribution in [-0.2, 0) is 10.4 Å². The van der Waals surface area contributed by atoms with Crippen LogP contribution in [0.15, 0.2) is 42.5 Å². The second kappa shape index (κ2) is 11.8. The Kier molecular flexibility index (Phi) is 8.70. The third-order valence-electron chi connectivity index (χ3n) is 7.87. The first kappa shape index (κ1) is 28.0. The summed E-state index contributed by atoms with van der Waals surface area (Å²) < 4.78 is 15.5. The Labute approximate surface area is 223 Å². The number of β-amino-alcohol motifs (C(OH)–C–C–N with tert-alkyl or cyclic N) is 1. The Hall–Kier alpha value is -3.01. The van der Waals surface area contributed by atoms with Gasteiger partial charge in [-0.2, -0.15) is 0 Å². The third kappa shape index (κ3) is 6.00. The van der Waals surface area contributed by atoms with E-state index in [9.17, 15) is 19.8 Å². The topological polar surface area (TPSA) is 119 Å². The number of carbonyl (C=O) groups excluding carboxylic acids is 2. The number of aryl methyl sites for hydroxylation is 1. The summed E-state index contributed by atoms with van der Waals surface area (Å²) in [5.41, 5.74) is 6.99. The molecular formula is C29H39FN4O4. The first-order chi connectivity index (χ1) is 18.1. The Bertz CT molecular complexity index is 1150. The minimum Gasteiger partial charge on any atom is -0.390 e. The number of hydrogen-bond donors (Lipinski definition) is 4. The molecule has 206 valence electrons. The van der Waals surface area contributed by atoms with Gasteiger partial charge in [-0.3, -0.25) is 4.79 Å². The van der Waals surface area contributed by atoms with Crippen LogP contribution in [0.5, 0.6) is 0 Å². The fraction of sp³-hybridized carbons (Fsp3) is 0.517. The molecule has 0 spiro atoms. The lowest BCUT2D eigenvalue weighted by atomic mass is 9.72. The van der Waals surface area contributed by atoms with Crippen LogP contribution in [-0.4, -0.2) is 76.8 Å². The standard InChI is InChI=1S/C29H39FN4O4/c1-19-7-3-8-21(15-19)27-23(10-4-11-24(27)30)29(38,12-6-13-32-20(2)35)22-9-5-14-33(16-22)28(37)34-17-25(31)26(36)18-34/h3-4,7-8,10-11,15,22,25-26,36,38H,5-6,9,12-14,16-18,31H2,1-2H3,(H,32,35)/t22-,25-,26+,29+/m1/s1. The molecule has 5 N–H and O–H groups in total. The molecule has 0 aliphatic carbocycles. The molecule has 2 fully saturated rings. The lowest BCUT2D eigenvalue weighted by Gasteiger charge is -2.44. The van der Waals surface area contributed by atoms with Gasteiger partial charge >= 0.3 is 6.03 Å². The van der Waals surface area contributed by atoms with Crippen LogP contribution in [0.1, 0.15) is 43.7 Å². The predicted molar refractivity (Wildman–Crippen MR) is 144 cm³/mol. The average Bonchev–Trinajstić information content (AvgIpc) is 3.23. The van der Waals surface area contributed by atoms with Gasteiger partial charge in [0.15, 0.2) is 0 Å². The van der Waals surface area contributed by atoms with Crippen molar-refractivity contribution in [3.05, 3.63) is 59.4 Å². The molecule has 0 unspecified atom stereocenters. The number of nitrogens with one attached hydrogen (secondary N) is 1. The van der Waals surface area contributed by atoms with Gasteiger partial charge in [-0.1, -0.05) is 42.0 Å². The summed E-state index contributed by atoms with van der Waals surface area (Å²) in [4.78, 5) is 28.0. The molecule has 2 heterocycles. The number of piperidine rings is 1. The number of nitrogens with two attached hydrogens (primary N) is 1. The van der Waals surface area contributed by atoms with Crippen molar-refractivity contribution < 1.29 is 24.2 Å². The van der Waals surface area contributed by atoms with Crippen molar-refractivity contribution in [3.63, 3.8) is 0 Å². The maximum absolute atomic E-state index is 15.5. The molecule has 0 bridgehead atoms. The van der Waals surface area contributed by atoms with Gasteiger partial charge in [0.05, 0.1) is 11.7 Å². The van der Waals surface area contributed by atoms with Gasteiger partial charge in [-0.25, -0.2) is 9.18 Å². The van der Waals surface area contributed by atoms with E-state index in [1.54, 1.807) is 21.9 Å². The number of halogens is 1. The zero-order valence-corrected chi connectivity index (χ0v) is 22.2. The fourth-order valence-corrected chi connectivity index (χ4v) is 5.87. The van der Waals surface area contributed by atoms with E-state index >= 15 is 4.39 Å². The highest BCUT2D eigenvalue weighted by Crippen LogP contribution is 2.44. The molecule has 0 aromatic heterocycles. The fourth-order valence-electron chi connectivity index (χ4n) is 5.87. The maximum Gasteiger partial charge on any atom is 0.320 e. The van der Waals surface area contributed by atoms with E-state index in [1.807, 2.05) is 31.2 Å². The lowest BCUT2D eigenvalue weighted by Crippen LogP contribution is -2.52. The van der Waals surface area contributed by atoms with Crippen LogP contribution in [0, 0.1) is 18.7 Å². The molecule has 9 heteroatoms. The number of aliphatic hydroxyl groups excluding tert-OH is 1. The van der Waals surface area contributed by atoms with Crippen LogP contribution in [0.4, 0.5) is 9.18 Å². The van der Waals surface area contributed by atoms with Crippen molar-refractivity contribution in [3.8, 4) is 11.1 Å². The Balaban J connectivity index is 1.68. The van der Waals surface area contributed by atoms with Crippen LogP contribution in [0.2, 0.25) is 0 Å². The minimum absolute atomic E-state index is 0.153. The van der Waals surface area contributed by atoms with Gasteiger partial charge in [0.25, 0.3) is 0 Å². The normalized spacial score (nSPS) is 23.3. The summed E-state index contributed by atoms with van der Waals surface area (Å²) in [5.74, 6) is -0.929. The number of urea groups is 1. The summed E-state index contributed by atoms with van der Waals surface area (Å²) in [5, 5.41) is 25.3. The van der Waals surface area contributed by atoms with Crippen LogP contribution >= 0.6 is 0 Å². The van der Waals surface area contributed by atoms with E-state index in [4.69, 9.17) is 5.73 Å². The Morgan fingerprint density at radius 1 is 1.16 bits per heavy atom. The largest absolute Gasteiger partial charge is 0.390 e. The molecule has 2 aliphatic rings. The maximum atomic E-state index is 15.5. The molecule has 3 amide bonds. The summed E-state index contributed by atoms with van der Waals surface area (Å²) in [7, 11) is 0. The van der Waals surface area contributed by atoms with E-state index in [1.165, 1.54) is 13.0 Å². The highest BCUT2D eigenvalue weighted by Gasteiger charge is 2.44. The summed E-state index contributed by atoms with van der Waals surface area (Å²) in [6.45, 7) is 5.06. The first-order valence-electron chi connectivity index (χ1n) is 13.4. The van der Waals surface area contributed by atoms with Crippen LogP contribution in [0.3, 0.4) is 0 Å². The molecule has 2 aromatic rings. The second-order valence-corrected chi connectivity index (χ2v) is 10.7. The quantitative estimate of drug-likeness (QED) is 0.414. The second-order valence-electron chi connectivity index (χ2n) is 10.7. The van der Waals surface area contributed by atoms with Crippen molar-refractivity contribution >= 4 is 11.9 Å². The number of aliphatic hydroxyl groups is 2. The van der Waals surface area contributed by atoms with Crippen LogP contribution in [0.25, 0.3) is 11.1 Å². The number of hydrogen-bond acceptors (Lipinski definition) is 5. The van der Waals surface area contributed by atoms with Gasteiger partial charge in [0.1, 0.15) is 5.82 Å². The molecule has 2 saturated heterocycles. The number of amides is 3. The SMILES string of the molecule is CC(=O)NCCC[C@@](O)(c1cccc(F)c1-c1cccc(C)c1)[C@@H]1CCCN(C(=O)N2C[C@@H](N)[C@@H](O)C2)C1. The molecule has 2 aromatic carbocycles. The van der Waals surface area contributed by atoms with Crippen LogP contribution < -0.4 is 11.1 Å². The van der Waals surface area contributed by atoms with Gasteiger partial charge in [-0.05, 0) is 49.8 Å². The number of benzene rings is 2. The summed E-state index contributed by atoms with van der Waals surface area (Å²) in [6, 6.07) is 11.6. The van der Waals surface area contributed by atoms with E-state index in [0.717, 1.165) is 5.56 Å². The molecule has 0 saturated carbocycles. The smallest absolute Gasteiger partial charge is 0.320 e. The van der Waals surface area contributed by atoms with E-state index in [-0.39, 0.29) is 37.4 Å². The van der Waals surface area contributed by atoms with Gasteiger partial charge in [0.2, 0.25) is 5.91 Å². The molecule has 0 radical (unpaired) electrons. The first-order valence-corrected chi connectivity index (χ1v) is 13.4. The average molecular weight is 527 g/mol. The highest BCUT2D eigenvalue weighted by molar-refractivity contribution is 5.75. The predicted octanol–water partition coefficient (Wildman–Crippen LogP) is 2.74. The van der Waals surface area contributed by atoms with Crippen molar-refractivity contribution in [2.24, 2.45) is 11.7 Å². The van der Waals surface area contributed by atoms with Crippen molar-refractivity contribution in [2.75, 3.05) is 32.7 Å². The number of likely N-dealkylation sites (tertiary alicyclic amines) is 2. The monoisotopic (exact) mass is 526 g/mol. The Morgan fingerprint density at radius 2 is 1.92 bits per heavy atom. The lowest BCUT2D eigenvalue weighted by molar-refractivity contribution is -0.119. The van der Waals surface area contributed by atoms with E-state index < -0.39 is 23.6 Å². The number of carbonyl (C=O) groups is 2. The zero-order valence-electron chi connectivity index (χ0n) is 22.2. The summed E-state index contributed by atoms with van der Waals surface area (Å²) in [6.07, 6.45) is 1.36. The van der Waals surface area contributed by atoms with E-state index in [2.05, 4.69) is 5.32 Å². The Morgan fingerprint density at radius 3 is 2.61 bits per heavy atom. The third-order valence-corrected chi connectivity index (χ3v) is 7.87. The molecule has 4 atom stereocenters. The minimum atomic E-state index is -1.44. The molecule has 38 heavy (non-hydrogen) atoms. The highest BCUT2D eigenvalue weighted by atomic mass is 19.1. The van der Waals surface area contributed by atoms with Crippen molar-refractivity contribution in [1.29, 1.82) is 0 Å². The molecule has 8 nitrogen and oxygen atoms in total. The van der Waals surface area contributed by atoms with Crippen molar-refractivity contribution in [2.45, 2.75) is 57.3 Å². The molecule has 4 rings (SSSR count). The van der Waals surface area contributed by atoms with Gasteiger partial charge in [-0.15, -0.1) is 0 Å². The van der Waals surface area contributed by atoms with E-state index in [0.29, 0.717) is 55.6 Å². The zero-order chi connectivity index (χ0) is 27.4. The van der Waals surface area contributed by atoms with Gasteiger partial charge < -0.3 is 31.1 Å². The molecule has 2 aliphatic heterocycles. The van der Waals surface area contributed by atoms with Gasteiger partial charge in [0, 0.05) is 57.2 Å². The number of rotatable bonds is 7.